The van der Waals surface area contributed by atoms with Gasteiger partial charge < -0.3 is 19.8 Å². The number of ketones is 2. The van der Waals surface area contributed by atoms with Crippen LogP contribution < -0.4 is 10.2 Å². The fourth-order valence-electron chi connectivity index (χ4n) is 0.731. The summed E-state index contributed by atoms with van der Waals surface area (Å²) in [7, 11) is 0. The van der Waals surface area contributed by atoms with E-state index in [1.807, 2.05) is 13.8 Å². The molecule has 0 rings (SSSR count). The van der Waals surface area contributed by atoms with E-state index in [0.717, 1.165) is 13.2 Å². The molecule has 0 N–H and O–H groups in total. The molecule has 0 saturated heterocycles. The summed E-state index contributed by atoms with van der Waals surface area (Å²) in [5, 5.41) is 19.3. The van der Waals surface area contributed by atoms with Crippen LogP contribution in [0, 0.1) is 0 Å². The summed E-state index contributed by atoms with van der Waals surface area (Å²) < 4.78 is 9.95. The van der Waals surface area contributed by atoms with Crippen molar-refractivity contribution in [2.24, 2.45) is 0 Å². The minimum atomic E-state index is -1.29. The molecule has 9 heteroatoms. The second kappa shape index (κ2) is 20.9. The number of aliphatic carboxylic acids is 2. The molecule has 0 fully saturated rings. The van der Waals surface area contributed by atoms with E-state index in [9.17, 15) is 29.4 Å². The van der Waals surface area contributed by atoms with Crippen molar-refractivity contribution in [3.63, 3.8) is 0 Å². The van der Waals surface area contributed by atoms with Crippen molar-refractivity contribution in [1.29, 1.82) is 0 Å². The first-order chi connectivity index (χ1) is 10.7. The van der Waals surface area contributed by atoms with E-state index in [4.69, 9.17) is 6.64 Å². The molecular weight excluding hydrogens is 344 g/mol. The quantitative estimate of drug-likeness (QED) is 0.278. The second-order valence-corrected chi connectivity index (χ2v) is 4.99. The van der Waals surface area contributed by atoms with Crippen LogP contribution in [0.2, 0.25) is 0 Å². The first-order valence-electron chi connectivity index (χ1n) is 7.16. The molecule has 8 nitrogen and oxygen atoms in total. The Kier molecular flexibility index (Phi) is 24.4. The number of carbonyl (C=O) groups is 4. The van der Waals surface area contributed by atoms with E-state index in [0.29, 0.717) is 0 Å². The third kappa shape index (κ3) is 33.6. The SMILES string of the molecule is CCC(=O)CC(=O)[O-].CCC(=O)CC(=O)[O-].CC[O][Ti+2][O]CC. The van der Waals surface area contributed by atoms with Gasteiger partial charge in [-0.2, -0.15) is 0 Å². The Morgan fingerprint density at radius 2 is 1.04 bits per heavy atom. The molecule has 23 heavy (non-hydrogen) atoms. The number of rotatable bonds is 10. The van der Waals surface area contributed by atoms with Gasteiger partial charge in [0.25, 0.3) is 0 Å². The summed E-state index contributed by atoms with van der Waals surface area (Å²) in [6.07, 6.45) is -0.352. The fourth-order valence-corrected chi connectivity index (χ4v) is 1.23. The van der Waals surface area contributed by atoms with Crippen LogP contribution in [0.25, 0.3) is 0 Å². The maximum absolute atomic E-state index is 10.2. The van der Waals surface area contributed by atoms with Crippen LogP contribution in [-0.2, 0) is 45.7 Å². The van der Waals surface area contributed by atoms with Gasteiger partial charge in [0.2, 0.25) is 0 Å². The van der Waals surface area contributed by atoms with Crippen LogP contribution in [0.4, 0.5) is 0 Å². The molecule has 0 heterocycles. The zero-order chi connectivity index (χ0) is 18.7. The summed E-state index contributed by atoms with van der Waals surface area (Å²) in [6, 6.07) is 0. The topological polar surface area (TPSA) is 133 Å². The minimum absolute atomic E-state index is 0.272. The van der Waals surface area contributed by atoms with Gasteiger partial charge in [0.1, 0.15) is 11.6 Å². The molecule has 0 aliphatic rings. The summed E-state index contributed by atoms with van der Waals surface area (Å²) in [4.78, 5) is 39.7. The van der Waals surface area contributed by atoms with E-state index >= 15 is 0 Å². The number of hydrogen-bond acceptors (Lipinski definition) is 8. The third-order valence-electron chi connectivity index (χ3n) is 1.88. The van der Waals surface area contributed by atoms with Gasteiger partial charge >= 0.3 is 53.6 Å². The van der Waals surface area contributed by atoms with Crippen LogP contribution >= 0.6 is 0 Å². The van der Waals surface area contributed by atoms with Crippen molar-refractivity contribution in [1.82, 2.24) is 0 Å². The summed E-state index contributed by atoms with van der Waals surface area (Å²) >= 11 is -0.486. The van der Waals surface area contributed by atoms with Gasteiger partial charge in [-0.05, 0) is 0 Å². The van der Waals surface area contributed by atoms with Crippen molar-refractivity contribution in [2.75, 3.05) is 13.2 Å². The normalized spacial score (nSPS) is 8.52. The zero-order valence-electron chi connectivity index (χ0n) is 14.0. The summed E-state index contributed by atoms with van der Waals surface area (Å²) in [5.41, 5.74) is 0. The zero-order valence-corrected chi connectivity index (χ0v) is 15.6. The molecule has 0 saturated carbocycles. The fraction of sp³-hybridized carbons (Fsp3) is 0.714. The molecular formula is C14H24O8Ti. The molecule has 0 aliphatic heterocycles. The van der Waals surface area contributed by atoms with Crippen LogP contribution in [-0.4, -0.2) is 36.7 Å². The molecule has 0 bridgehead atoms. The Morgan fingerprint density at radius 3 is 1.17 bits per heavy atom. The van der Waals surface area contributed by atoms with Gasteiger partial charge in [0.15, 0.2) is 0 Å². The number of hydrogen-bond donors (Lipinski definition) is 0. The third-order valence-corrected chi connectivity index (χ3v) is 3.15. The van der Waals surface area contributed by atoms with Gasteiger partial charge in [0.05, 0.1) is 0 Å². The van der Waals surface area contributed by atoms with Gasteiger partial charge in [-0.25, -0.2) is 0 Å². The van der Waals surface area contributed by atoms with Gasteiger partial charge in [-0.3, -0.25) is 9.59 Å². The molecule has 0 spiro atoms. The molecule has 0 aliphatic carbocycles. The van der Waals surface area contributed by atoms with Crippen LogP contribution in [0.1, 0.15) is 53.4 Å². The van der Waals surface area contributed by atoms with Crippen molar-refractivity contribution in [3.05, 3.63) is 0 Å². The van der Waals surface area contributed by atoms with E-state index in [-0.39, 0.29) is 24.4 Å². The second-order valence-electron chi connectivity index (χ2n) is 3.83. The number of carboxylic acid groups (broad SMARTS) is 2. The molecule has 0 amide bonds. The van der Waals surface area contributed by atoms with Crippen molar-refractivity contribution >= 4 is 23.5 Å². The van der Waals surface area contributed by atoms with Crippen molar-refractivity contribution in [2.45, 2.75) is 53.4 Å². The van der Waals surface area contributed by atoms with E-state index in [1.54, 1.807) is 13.8 Å². The van der Waals surface area contributed by atoms with Crippen molar-refractivity contribution < 1.29 is 56.0 Å². The average molecular weight is 368 g/mol. The molecule has 0 aromatic carbocycles. The predicted octanol–water partition coefficient (Wildman–Crippen LogP) is -0.817. The molecule has 0 aromatic rings. The molecule has 0 unspecified atom stereocenters. The van der Waals surface area contributed by atoms with Gasteiger partial charge in [-0.1, -0.05) is 13.8 Å². The maximum atomic E-state index is 10.2. The van der Waals surface area contributed by atoms with E-state index < -0.39 is 44.7 Å². The van der Waals surface area contributed by atoms with E-state index in [2.05, 4.69) is 0 Å². The molecule has 0 atom stereocenters. The Bertz CT molecular complexity index is 312. The number of carboxylic acids is 2. The first-order valence-corrected chi connectivity index (χ1v) is 8.44. The van der Waals surface area contributed by atoms with Crippen LogP contribution in [0.15, 0.2) is 0 Å². The van der Waals surface area contributed by atoms with Gasteiger partial charge in [-0.15, -0.1) is 0 Å². The molecule has 132 valence electrons. The van der Waals surface area contributed by atoms with E-state index in [1.165, 1.54) is 0 Å². The first kappa shape index (κ1) is 26.8. The Balaban J connectivity index is -0.000000262. The van der Waals surface area contributed by atoms with Gasteiger partial charge in [0, 0.05) is 37.6 Å². The summed E-state index contributed by atoms with van der Waals surface area (Å²) in [6.45, 7) is 8.77. The monoisotopic (exact) mass is 368 g/mol. The Labute approximate surface area is 146 Å². The predicted molar refractivity (Wildman–Crippen MR) is 73.1 cm³/mol. The average Bonchev–Trinajstić information content (AvgIpc) is 2.47. The molecule has 0 aromatic heterocycles. The van der Waals surface area contributed by atoms with Crippen LogP contribution in [0.3, 0.4) is 0 Å². The molecule has 0 radical (unpaired) electrons. The van der Waals surface area contributed by atoms with Crippen LogP contribution in [0.5, 0.6) is 0 Å². The number of Topliss-reactive ketones (excluding diaryl/α,β-unsaturated/α-hetero) is 2. The Hall–Kier alpha value is -1.09. The Morgan fingerprint density at radius 1 is 0.739 bits per heavy atom. The number of carbonyl (C=O) groups excluding carboxylic acids is 4. The summed E-state index contributed by atoms with van der Waals surface area (Å²) in [5.74, 6) is -3.16. The van der Waals surface area contributed by atoms with Crippen molar-refractivity contribution in [3.8, 4) is 0 Å². The standard InChI is InChI=1S/2C5H8O3.2C2H5O.Ti/c2*1-2-4(6)3-5(7)8;2*1-2-3;/h2*2-3H2,1H3,(H,7,8);2*2H2,1H3;/q;;2*-1;+4/p-2.